The van der Waals surface area contributed by atoms with Crippen LogP contribution in [0.1, 0.15) is 178 Å². The summed E-state index contributed by atoms with van der Waals surface area (Å²) in [5, 5.41) is 0. The molecule has 0 radical (unpaired) electrons. The zero-order chi connectivity index (χ0) is 54.5. The molecule has 410 valence electrons. The molecule has 6 heteroatoms. The standard InChI is InChI=1S/C74H78S6/c1-5-9-13-21-45-73(46-22-14-10-6-2)57-27-19-17-25-53(57)55-31-29-51(49-59(55)73)61-33-35-63(75-61)65-37-39-67(77-65)69-41-43-71(79-69)72-44-42-70(80-72)68-40-38-66(78-68)64-36-34-62(76-64)52-30-32-56-54-26-18-20-28-58(54)74(60(56)50-52,47-23-15-11-7-3)48-24-16-12-8-4/h17-20,25-44,49-50H,5-16,21-24,45-48H2,1-4H3. The quantitative estimate of drug-likeness (QED) is 0.0450. The van der Waals surface area contributed by atoms with Crippen LogP contribution >= 0.6 is 68.0 Å². The first-order chi connectivity index (χ1) is 39.4. The predicted molar refractivity (Wildman–Crippen MR) is 359 cm³/mol. The first-order valence-electron chi connectivity index (χ1n) is 30.5. The van der Waals surface area contributed by atoms with Crippen LogP contribution in [0.5, 0.6) is 0 Å². The maximum atomic E-state index is 2.60. The summed E-state index contributed by atoms with van der Waals surface area (Å²) in [4.78, 5) is 16.2. The number of thiophene rings is 6. The lowest BCUT2D eigenvalue weighted by Gasteiger charge is -2.33. The molecule has 12 rings (SSSR count). The summed E-state index contributed by atoms with van der Waals surface area (Å²) < 4.78 is 0. The topological polar surface area (TPSA) is 0 Å². The molecular weight excluding hydrogens is 1080 g/mol. The van der Waals surface area contributed by atoms with Crippen LogP contribution in [0.2, 0.25) is 0 Å². The van der Waals surface area contributed by atoms with E-state index in [-0.39, 0.29) is 10.8 Å². The van der Waals surface area contributed by atoms with Gasteiger partial charge in [0.15, 0.2) is 0 Å². The monoisotopic (exact) mass is 1160 g/mol. The van der Waals surface area contributed by atoms with E-state index < -0.39 is 0 Å². The van der Waals surface area contributed by atoms with E-state index >= 15 is 0 Å². The summed E-state index contributed by atoms with van der Waals surface area (Å²) in [5.41, 5.74) is 15.1. The smallest absolute Gasteiger partial charge is 0.0449 e. The first kappa shape index (κ1) is 55.6. The van der Waals surface area contributed by atoms with Gasteiger partial charge in [0.1, 0.15) is 0 Å². The van der Waals surface area contributed by atoms with E-state index in [1.165, 1.54) is 220 Å². The Morgan fingerprint density at radius 2 is 0.487 bits per heavy atom. The summed E-state index contributed by atoms with van der Waals surface area (Å²) in [6, 6.07) is 61.9. The maximum Gasteiger partial charge on any atom is 0.0449 e. The Morgan fingerprint density at radius 1 is 0.237 bits per heavy atom. The zero-order valence-electron chi connectivity index (χ0n) is 47.6. The molecule has 2 aliphatic rings. The minimum atomic E-state index is 0.105. The highest BCUT2D eigenvalue weighted by Crippen LogP contribution is 2.58. The van der Waals surface area contributed by atoms with Crippen LogP contribution < -0.4 is 0 Å². The molecule has 80 heavy (non-hydrogen) atoms. The van der Waals surface area contributed by atoms with Crippen molar-refractivity contribution in [3.63, 3.8) is 0 Å². The molecule has 0 N–H and O–H groups in total. The molecule has 0 aliphatic heterocycles. The fourth-order valence-corrected chi connectivity index (χ4v) is 20.1. The summed E-state index contributed by atoms with van der Waals surface area (Å²) in [6.45, 7) is 9.33. The summed E-state index contributed by atoms with van der Waals surface area (Å²) in [6.07, 6.45) is 25.9. The average molecular weight is 1160 g/mol. The first-order valence-corrected chi connectivity index (χ1v) is 35.4. The third-order valence-electron chi connectivity index (χ3n) is 17.8. The second-order valence-electron chi connectivity index (χ2n) is 23.0. The number of benzene rings is 4. The van der Waals surface area contributed by atoms with Gasteiger partial charge in [-0.25, -0.2) is 0 Å². The Labute approximate surface area is 502 Å². The molecule has 0 atom stereocenters. The lowest BCUT2D eigenvalue weighted by molar-refractivity contribution is 0.401. The van der Waals surface area contributed by atoms with Crippen molar-refractivity contribution >= 4 is 68.0 Å². The number of fused-ring (bicyclic) bond motifs is 6. The van der Waals surface area contributed by atoms with Crippen LogP contribution in [0.4, 0.5) is 0 Å². The van der Waals surface area contributed by atoms with Crippen molar-refractivity contribution in [1.29, 1.82) is 0 Å². The number of rotatable bonds is 27. The van der Waals surface area contributed by atoms with Crippen molar-refractivity contribution in [1.82, 2.24) is 0 Å². The van der Waals surface area contributed by atoms with Crippen molar-refractivity contribution in [2.24, 2.45) is 0 Å². The Hall–Kier alpha value is -4.92. The minimum Gasteiger partial charge on any atom is -0.134 e. The van der Waals surface area contributed by atoms with Gasteiger partial charge in [0.05, 0.1) is 0 Å². The lowest BCUT2D eigenvalue weighted by Crippen LogP contribution is -2.25. The molecule has 6 heterocycles. The van der Waals surface area contributed by atoms with Crippen molar-refractivity contribution in [3.05, 3.63) is 180 Å². The molecule has 4 aromatic carbocycles. The molecule has 0 saturated heterocycles. The Morgan fingerprint density at radius 3 is 0.775 bits per heavy atom. The van der Waals surface area contributed by atoms with Gasteiger partial charge in [-0.3, -0.25) is 0 Å². The molecule has 0 unspecified atom stereocenters. The van der Waals surface area contributed by atoms with E-state index in [1.807, 2.05) is 68.0 Å². The van der Waals surface area contributed by atoms with E-state index in [0.29, 0.717) is 0 Å². The highest BCUT2D eigenvalue weighted by Gasteiger charge is 2.44. The van der Waals surface area contributed by atoms with Crippen molar-refractivity contribution in [2.45, 2.75) is 167 Å². The van der Waals surface area contributed by atoms with Crippen LogP contribution in [-0.4, -0.2) is 0 Å². The van der Waals surface area contributed by atoms with Crippen LogP contribution in [0, 0.1) is 0 Å². The summed E-state index contributed by atoms with van der Waals surface area (Å²) in [5.74, 6) is 0. The maximum absolute atomic E-state index is 2.60. The van der Waals surface area contributed by atoms with Gasteiger partial charge in [-0.2, -0.15) is 0 Å². The molecule has 0 fully saturated rings. The Bertz CT molecular complexity index is 3400. The third kappa shape index (κ3) is 11.1. The molecule has 0 saturated carbocycles. The number of hydrogen-bond acceptors (Lipinski definition) is 6. The van der Waals surface area contributed by atoms with E-state index in [4.69, 9.17) is 0 Å². The second-order valence-corrected chi connectivity index (χ2v) is 29.5. The number of hydrogen-bond donors (Lipinski definition) is 0. The van der Waals surface area contributed by atoms with Gasteiger partial charge in [-0.15, -0.1) is 68.0 Å². The highest BCUT2D eigenvalue weighted by atomic mass is 32.1. The third-order valence-corrected chi connectivity index (χ3v) is 25.4. The van der Waals surface area contributed by atoms with Gasteiger partial charge in [-0.1, -0.05) is 203 Å². The molecule has 0 nitrogen and oxygen atoms in total. The van der Waals surface area contributed by atoms with Gasteiger partial charge in [0, 0.05) is 69.4 Å². The fourth-order valence-electron chi connectivity index (χ4n) is 13.6. The van der Waals surface area contributed by atoms with E-state index in [0.717, 1.165) is 0 Å². The molecule has 10 aromatic rings. The van der Waals surface area contributed by atoms with Crippen molar-refractivity contribution in [2.75, 3.05) is 0 Å². The van der Waals surface area contributed by atoms with Crippen LogP contribution in [0.3, 0.4) is 0 Å². The van der Waals surface area contributed by atoms with Gasteiger partial charge >= 0.3 is 0 Å². The SMILES string of the molecule is CCCCCCC1(CCCCCC)c2ccccc2-c2ccc(-c3ccc(-c4ccc(-c5ccc(-c6ccc(-c7ccc(-c8ccc(-c9ccc%10c(c9)C(CCCCCC)(CCCCCC)c9ccccc9-%10)s8)s7)s6)s5)s4)s3)cc21. The zero-order valence-corrected chi connectivity index (χ0v) is 52.5. The molecule has 2 aliphatic carbocycles. The Balaban J connectivity index is 0.736. The normalized spacial score (nSPS) is 13.7. The molecule has 0 bridgehead atoms. The predicted octanol–water partition coefficient (Wildman–Crippen LogP) is 26.1. The molecular formula is C74H78S6. The molecule has 0 amide bonds. The van der Waals surface area contributed by atoms with Crippen molar-refractivity contribution < 1.29 is 0 Å². The van der Waals surface area contributed by atoms with Crippen molar-refractivity contribution in [3.8, 4) is 91.9 Å². The largest absolute Gasteiger partial charge is 0.134 e. The molecule has 6 aromatic heterocycles. The van der Waals surface area contributed by atoms with Gasteiger partial charge in [-0.05, 0) is 166 Å². The van der Waals surface area contributed by atoms with Crippen LogP contribution in [0.25, 0.3) is 91.9 Å². The van der Waals surface area contributed by atoms with Crippen LogP contribution in [0.15, 0.2) is 158 Å². The van der Waals surface area contributed by atoms with Gasteiger partial charge in [0.2, 0.25) is 0 Å². The van der Waals surface area contributed by atoms with E-state index in [9.17, 15) is 0 Å². The van der Waals surface area contributed by atoms with Gasteiger partial charge in [0.25, 0.3) is 0 Å². The molecule has 0 spiro atoms. The number of unbranched alkanes of at least 4 members (excludes halogenated alkanes) is 12. The minimum absolute atomic E-state index is 0.105. The lowest BCUT2D eigenvalue weighted by atomic mass is 9.70. The van der Waals surface area contributed by atoms with E-state index in [1.54, 1.807) is 22.3 Å². The summed E-state index contributed by atoms with van der Waals surface area (Å²) in [7, 11) is 0. The highest BCUT2D eigenvalue weighted by molar-refractivity contribution is 7.30. The summed E-state index contributed by atoms with van der Waals surface area (Å²) >= 11 is 11.6. The fraction of sp³-hybridized carbons (Fsp3) is 0.351. The second kappa shape index (κ2) is 25.3. The van der Waals surface area contributed by atoms with E-state index in [2.05, 4.69) is 185 Å². The van der Waals surface area contributed by atoms with Gasteiger partial charge < -0.3 is 0 Å². The van der Waals surface area contributed by atoms with Crippen LogP contribution in [-0.2, 0) is 10.8 Å². The Kier molecular flexibility index (Phi) is 17.6. The average Bonchev–Trinajstić information content (AvgIpc) is 4.45.